The van der Waals surface area contributed by atoms with Gasteiger partial charge in [-0.15, -0.1) is 0 Å². The van der Waals surface area contributed by atoms with Crippen LogP contribution in [-0.2, 0) is 12.8 Å². The van der Waals surface area contributed by atoms with Gasteiger partial charge in [-0.2, -0.15) is 0 Å². The van der Waals surface area contributed by atoms with Crippen LogP contribution in [-0.4, -0.2) is 4.98 Å². The molecular weight excluding hydrogens is 278 g/mol. The van der Waals surface area contributed by atoms with E-state index in [1.807, 2.05) is 6.20 Å². The number of aryl methyl sites for hydroxylation is 2. The Morgan fingerprint density at radius 2 is 1.22 bits per heavy atom. The lowest BCUT2D eigenvalue weighted by atomic mass is 10.0. The zero-order valence-electron chi connectivity index (χ0n) is 13.9. The third-order valence-corrected chi connectivity index (χ3v) is 4.24. The van der Waals surface area contributed by atoms with Crippen LogP contribution in [0.4, 0.5) is 0 Å². The van der Waals surface area contributed by atoms with Crippen LogP contribution in [0.15, 0.2) is 66.9 Å². The van der Waals surface area contributed by atoms with Gasteiger partial charge in [0.15, 0.2) is 0 Å². The van der Waals surface area contributed by atoms with Crippen molar-refractivity contribution < 1.29 is 0 Å². The fourth-order valence-electron chi connectivity index (χ4n) is 2.80. The number of benzene rings is 2. The van der Waals surface area contributed by atoms with Gasteiger partial charge in [0.2, 0.25) is 0 Å². The molecule has 0 aliphatic rings. The molecule has 1 nitrogen and oxygen atoms in total. The number of aromatic nitrogens is 1. The molecule has 0 fully saturated rings. The molecule has 1 heteroatoms. The van der Waals surface area contributed by atoms with E-state index in [9.17, 15) is 0 Å². The Morgan fingerprint density at radius 1 is 0.652 bits per heavy atom. The maximum absolute atomic E-state index is 4.59. The molecule has 3 aromatic rings. The van der Waals surface area contributed by atoms with Gasteiger partial charge in [0.25, 0.3) is 0 Å². The zero-order chi connectivity index (χ0) is 16.1. The summed E-state index contributed by atoms with van der Waals surface area (Å²) < 4.78 is 0. The highest BCUT2D eigenvalue weighted by molar-refractivity contribution is 5.69. The Hall–Kier alpha value is -2.41. The molecule has 0 saturated heterocycles. The van der Waals surface area contributed by atoms with E-state index >= 15 is 0 Å². The lowest BCUT2D eigenvalue weighted by molar-refractivity contribution is 0.914. The van der Waals surface area contributed by atoms with Gasteiger partial charge in [0, 0.05) is 11.8 Å². The van der Waals surface area contributed by atoms with Crippen molar-refractivity contribution >= 4 is 0 Å². The summed E-state index contributed by atoms with van der Waals surface area (Å²) in [6.45, 7) is 4.38. The van der Waals surface area contributed by atoms with Crippen molar-refractivity contribution in [3.63, 3.8) is 0 Å². The molecule has 2 aromatic carbocycles. The fourth-order valence-corrected chi connectivity index (χ4v) is 2.80. The molecule has 1 heterocycles. The summed E-state index contributed by atoms with van der Waals surface area (Å²) in [7, 11) is 0. The predicted octanol–water partition coefficient (Wildman–Crippen LogP) is 5.93. The summed E-state index contributed by atoms with van der Waals surface area (Å²) in [5.41, 5.74) is 7.41. The van der Waals surface area contributed by atoms with Gasteiger partial charge in [-0.05, 0) is 41.2 Å². The summed E-state index contributed by atoms with van der Waals surface area (Å²) in [4.78, 5) is 4.59. The Labute approximate surface area is 139 Å². The number of hydrogen-bond donors (Lipinski definition) is 0. The van der Waals surface area contributed by atoms with Crippen LogP contribution >= 0.6 is 0 Å². The maximum Gasteiger partial charge on any atom is 0.0702 e. The first-order chi connectivity index (χ1) is 11.3. The molecule has 0 amide bonds. The first-order valence-corrected chi connectivity index (χ1v) is 8.45. The van der Waals surface area contributed by atoms with Crippen molar-refractivity contribution in [1.82, 2.24) is 4.98 Å². The first-order valence-electron chi connectivity index (χ1n) is 8.45. The molecule has 0 spiro atoms. The molecule has 0 aliphatic carbocycles. The number of pyridine rings is 1. The van der Waals surface area contributed by atoms with Crippen LogP contribution in [0.3, 0.4) is 0 Å². The van der Waals surface area contributed by atoms with E-state index in [0.717, 1.165) is 25.0 Å². The van der Waals surface area contributed by atoms with Gasteiger partial charge in [0.1, 0.15) is 0 Å². The monoisotopic (exact) mass is 301 g/mol. The molecule has 0 unspecified atom stereocenters. The minimum absolute atomic E-state index is 1.04. The summed E-state index contributed by atoms with van der Waals surface area (Å²) in [5, 5.41) is 0. The van der Waals surface area contributed by atoms with Crippen molar-refractivity contribution in [2.45, 2.75) is 33.1 Å². The van der Waals surface area contributed by atoms with Crippen molar-refractivity contribution in [3.8, 4) is 22.4 Å². The summed E-state index contributed by atoms with van der Waals surface area (Å²) in [6, 6.07) is 21.8. The Morgan fingerprint density at radius 3 is 1.74 bits per heavy atom. The van der Waals surface area contributed by atoms with Crippen molar-refractivity contribution in [2.24, 2.45) is 0 Å². The normalized spacial score (nSPS) is 10.7. The molecule has 3 rings (SSSR count). The largest absolute Gasteiger partial charge is 0.256 e. The lowest BCUT2D eigenvalue weighted by Crippen LogP contribution is -1.88. The predicted molar refractivity (Wildman–Crippen MR) is 98.5 cm³/mol. The van der Waals surface area contributed by atoms with E-state index in [2.05, 4.69) is 79.5 Å². The molecule has 116 valence electrons. The van der Waals surface area contributed by atoms with Crippen LogP contribution in [0.2, 0.25) is 0 Å². The van der Waals surface area contributed by atoms with E-state index in [4.69, 9.17) is 0 Å². The average molecular weight is 301 g/mol. The number of hydrogen-bond acceptors (Lipinski definition) is 1. The van der Waals surface area contributed by atoms with Gasteiger partial charge in [-0.25, -0.2) is 0 Å². The molecule has 0 N–H and O–H groups in total. The Bertz CT molecular complexity index is 737. The summed E-state index contributed by atoms with van der Waals surface area (Å²) in [6.07, 6.45) is 5.33. The van der Waals surface area contributed by atoms with Gasteiger partial charge in [0.05, 0.1) is 5.69 Å². The van der Waals surface area contributed by atoms with Crippen LogP contribution < -0.4 is 0 Å². The fraction of sp³-hybridized carbons (Fsp3) is 0.227. The highest BCUT2D eigenvalue weighted by Gasteiger charge is 2.02. The SMILES string of the molecule is CCCc1ccc(-c2ccc(-c3ccc(CC)cc3)cc2)nc1. The maximum atomic E-state index is 4.59. The van der Waals surface area contributed by atoms with Gasteiger partial charge >= 0.3 is 0 Å². The van der Waals surface area contributed by atoms with E-state index in [-0.39, 0.29) is 0 Å². The Balaban J connectivity index is 1.80. The highest BCUT2D eigenvalue weighted by Crippen LogP contribution is 2.24. The minimum atomic E-state index is 1.04. The zero-order valence-corrected chi connectivity index (χ0v) is 13.9. The second-order valence-corrected chi connectivity index (χ2v) is 5.93. The molecular formula is C22H23N. The van der Waals surface area contributed by atoms with Crippen LogP contribution in [0.1, 0.15) is 31.4 Å². The summed E-state index contributed by atoms with van der Waals surface area (Å²) in [5.74, 6) is 0. The number of rotatable bonds is 5. The molecule has 23 heavy (non-hydrogen) atoms. The molecule has 0 radical (unpaired) electrons. The molecule has 0 atom stereocenters. The standard InChI is InChI=1S/C22H23N/c1-3-5-18-8-15-22(23-16-18)21-13-11-20(12-14-21)19-9-6-17(4-2)7-10-19/h6-16H,3-5H2,1-2H3. The quantitative estimate of drug-likeness (QED) is 0.569. The van der Waals surface area contributed by atoms with Crippen LogP contribution in [0, 0.1) is 0 Å². The van der Waals surface area contributed by atoms with E-state index in [1.165, 1.54) is 27.8 Å². The third kappa shape index (κ3) is 3.68. The van der Waals surface area contributed by atoms with Crippen molar-refractivity contribution in [2.75, 3.05) is 0 Å². The molecule has 0 saturated carbocycles. The second-order valence-electron chi connectivity index (χ2n) is 5.93. The van der Waals surface area contributed by atoms with E-state index in [0.29, 0.717) is 0 Å². The molecule has 0 aliphatic heterocycles. The molecule has 0 bridgehead atoms. The Kier molecular flexibility index (Phi) is 4.87. The van der Waals surface area contributed by atoms with Gasteiger partial charge in [-0.3, -0.25) is 4.98 Å². The van der Waals surface area contributed by atoms with Crippen LogP contribution in [0.5, 0.6) is 0 Å². The van der Waals surface area contributed by atoms with Crippen molar-refractivity contribution in [3.05, 3.63) is 78.0 Å². The highest BCUT2D eigenvalue weighted by atomic mass is 14.7. The number of nitrogens with zero attached hydrogens (tertiary/aromatic N) is 1. The van der Waals surface area contributed by atoms with Crippen molar-refractivity contribution in [1.29, 1.82) is 0 Å². The second kappa shape index (κ2) is 7.23. The molecule has 1 aromatic heterocycles. The minimum Gasteiger partial charge on any atom is -0.256 e. The average Bonchev–Trinajstić information content (AvgIpc) is 2.63. The van der Waals surface area contributed by atoms with Gasteiger partial charge < -0.3 is 0 Å². The third-order valence-electron chi connectivity index (χ3n) is 4.24. The lowest BCUT2D eigenvalue weighted by Gasteiger charge is -2.06. The first kappa shape index (κ1) is 15.5. The van der Waals surface area contributed by atoms with E-state index < -0.39 is 0 Å². The van der Waals surface area contributed by atoms with E-state index in [1.54, 1.807) is 0 Å². The summed E-state index contributed by atoms with van der Waals surface area (Å²) >= 11 is 0. The topological polar surface area (TPSA) is 12.9 Å². The van der Waals surface area contributed by atoms with Gasteiger partial charge in [-0.1, -0.05) is 74.9 Å². The smallest absolute Gasteiger partial charge is 0.0702 e. The van der Waals surface area contributed by atoms with Crippen LogP contribution in [0.25, 0.3) is 22.4 Å².